The zero-order chi connectivity index (χ0) is 32.9. The standard InChI is InChI=1S/C25H25.C13H21.C6H10.Zr/c1-14-12-24(3,4)22-8-16-7-17-9-23-19(15(2)13-25(23,5)6)11-21(17)20(16)10-18(14)22;1-6-10-8-11(7-2)12(9-10)13(3,4)5;1-2-4-6-5-3-1;/h8-12H,7H2,1-6H3;9-10H,6-7H2,1-5H3;1-5H2;/q2*-1;;+2. The van der Waals surface area contributed by atoms with E-state index in [0.29, 0.717) is 11.3 Å². The maximum absolute atomic E-state index is 3.65. The number of hydrogen-bond acceptors (Lipinski definition) is 0. The summed E-state index contributed by atoms with van der Waals surface area (Å²) in [4.78, 5) is 0. The summed E-state index contributed by atoms with van der Waals surface area (Å²) >= 11 is 1.69. The van der Waals surface area contributed by atoms with Crippen molar-refractivity contribution in [2.75, 3.05) is 0 Å². The monoisotopic (exact) mass is 674 g/mol. The molecule has 1 unspecified atom stereocenters. The Labute approximate surface area is 290 Å². The average Bonchev–Trinajstić information content (AvgIpc) is 3.68. The van der Waals surface area contributed by atoms with Gasteiger partial charge >= 0.3 is 59.5 Å². The quantitative estimate of drug-likeness (QED) is 0.237. The minimum absolute atomic E-state index is 0.0340. The molecule has 45 heavy (non-hydrogen) atoms. The van der Waals surface area contributed by atoms with E-state index in [2.05, 4.69) is 125 Å². The second kappa shape index (κ2) is 13.0. The topological polar surface area (TPSA) is 0 Å². The molecule has 0 N–H and O–H groups in total. The predicted octanol–water partition coefficient (Wildman–Crippen LogP) is 12.3. The van der Waals surface area contributed by atoms with Crippen molar-refractivity contribution in [3.8, 4) is 11.1 Å². The van der Waals surface area contributed by atoms with E-state index in [4.69, 9.17) is 0 Å². The van der Waals surface area contributed by atoms with Crippen LogP contribution in [-0.4, -0.2) is 3.21 Å². The molecule has 0 radical (unpaired) electrons. The molecule has 0 saturated heterocycles. The molecule has 5 aliphatic rings. The van der Waals surface area contributed by atoms with E-state index in [9.17, 15) is 0 Å². The molecule has 2 aromatic rings. The normalized spacial score (nSPS) is 21.6. The zero-order valence-corrected chi connectivity index (χ0v) is 32.7. The van der Waals surface area contributed by atoms with Gasteiger partial charge in [-0.3, -0.25) is 12.2 Å². The molecule has 5 aliphatic carbocycles. The fourth-order valence-electron chi connectivity index (χ4n) is 8.11. The molecule has 1 fully saturated rings. The maximum atomic E-state index is 3.65. The number of benzene rings is 2. The molecule has 236 valence electrons. The van der Waals surface area contributed by atoms with Crippen LogP contribution in [0.25, 0.3) is 22.3 Å². The average molecular weight is 676 g/mol. The zero-order valence-electron chi connectivity index (χ0n) is 30.2. The summed E-state index contributed by atoms with van der Waals surface area (Å²) in [6, 6.07) is 9.81. The van der Waals surface area contributed by atoms with Crippen LogP contribution in [0.3, 0.4) is 0 Å². The second-order valence-corrected chi connectivity index (χ2v) is 17.9. The Kier molecular flexibility index (Phi) is 9.95. The van der Waals surface area contributed by atoms with E-state index in [1.165, 1.54) is 105 Å². The molecule has 1 atom stereocenters. The van der Waals surface area contributed by atoms with Gasteiger partial charge < -0.3 is 0 Å². The third-order valence-electron chi connectivity index (χ3n) is 10.5. The Morgan fingerprint density at radius 1 is 0.822 bits per heavy atom. The Hall–Kier alpha value is -1.85. The van der Waals surface area contributed by atoms with Crippen LogP contribution in [0.15, 0.2) is 47.6 Å². The summed E-state index contributed by atoms with van der Waals surface area (Å²) in [7, 11) is 0. The van der Waals surface area contributed by atoms with Crippen molar-refractivity contribution in [2.24, 2.45) is 11.3 Å². The number of allylic oxidation sites excluding steroid dienone is 8. The van der Waals surface area contributed by atoms with E-state index in [1.807, 2.05) is 0 Å². The van der Waals surface area contributed by atoms with Crippen LogP contribution < -0.4 is 0 Å². The summed E-state index contributed by atoms with van der Waals surface area (Å²) in [6.45, 7) is 25.0. The van der Waals surface area contributed by atoms with E-state index < -0.39 is 0 Å². The minimum atomic E-state index is 0.0340. The van der Waals surface area contributed by atoms with Crippen LogP contribution >= 0.6 is 0 Å². The number of rotatable bonds is 2. The first-order valence-electron chi connectivity index (χ1n) is 17.6. The van der Waals surface area contributed by atoms with Gasteiger partial charge in [0.05, 0.1) is 0 Å². The molecule has 0 aliphatic heterocycles. The molecular weight excluding hydrogens is 620 g/mol. The van der Waals surface area contributed by atoms with Gasteiger partial charge in [-0.2, -0.15) is 17.2 Å². The Balaban J connectivity index is 0.000000167. The van der Waals surface area contributed by atoms with Gasteiger partial charge in [0.2, 0.25) is 0 Å². The van der Waals surface area contributed by atoms with Crippen molar-refractivity contribution < 1.29 is 24.2 Å². The molecular formula is C44H56Zr. The van der Waals surface area contributed by atoms with E-state index in [-0.39, 0.29) is 10.8 Å². The Morgan fingerprint density at radius 2 is 1.42 bits per heavy atom. The van der Waals surface area contributed by atoms with Crippen LogP contribution in [0.5, 0.6) is 0 Å². The van der Waals surface area contributed by atoms with Gasteiger partial charge in [-0.1, -0.05) is 117 Å². The van der Waals surface area contributed by atoms with E-state index >= 15 is 0 Å². The van der Waals surface area contributed by atoms with Gasteiger partial charge in [0.1, 0.15) is 0 Å². The first-order valence-corrected chi connectivity index (χ1v) is 18.9. The second-order valence-electron chi connectivity index (χ2n) is 16.2. The van der Waals surface area contributed by atoms with Crippen molar-refractivity contribution in [3.05, 3.63) is 93.1 Å². The van der Waals surface area contributed by atoms with Crippen LogP contribution in [-0.2, 0) is 41.5 Å². The first kappa shape index (κ1) is 34.5. The van der Waals surface area contributed by atoms with Gasteiger partial charge in [0, 0.05) is 5.41 Å². The van der Waals surface area contributed by atoms with Crippen molar-refractivity contribution in [1.29, 1.82) is 0 Å². The van der Waals surface area contributed by atoms with Crippen molar-refractivity contribution in [2.45, 2.75) is 138 Å². The van der Waals surface area contributed by atoms with Crippen molar-refractivity contribution >= 4 is 14.4 Å². The number of fused-ring (bicyclic) bond motifs is 5. The molecule has 0 bridgehead atoms. The van der Waals surface area contributed by atoms with E-state index in [1.54, 1.807) is 27.4 Å². The Bertz CT molecular complexity index is 1530. The van der Waals surface area contributed by atoms with Crippen molar-refractivity contribution in [1.82, 2.24) is 0 Å². The fourth-order valence-corrected chi connectivity index (χ4v) is 8.98. The molecule has 0 spiro atoms. The van der Waals surface area contributed by atoms with Gasteiger partial charge in [-0.05, 0) is 58.4 Å². The van der Waals surface area contributed by atoms with Gasteiger partial charge in [0.15, 0.2) is 0 Å². The third-order valence-corrected chi connectivity index (χ3v) is 11.8. The van der Waals surface area contributed by atoms with Gasteiger partial charge in [-0.15, -0.1) is 11.6 Å². The van der Waals surface area contributed by atoms with E-state index in [0.717, 1.165) is 12.8 Å². The molecule has 0 amide bonds. The van der Waals surface area contributed by atoms with Crippen LogP contribution in [0, 0.1) is 23.5 Å². The van der Waals surface area contributed by atoms with Crippen molar-refractivity contribution in [3.63, 3.8) is 0 Å². The summed E-state index contributed by atoms with van der Waals surface area (Å²) in [6.07, 6.45) is 22.7. The van der Waals surface area contributed by atoms with Crippen LogP contribution in [0.1, 0.15) is 154 Å². The molecule has 1 saturated carbocycles. The van der Waals surface area contributed by atoms with Gasteiger partial charge in [-0.25, -0.2) is 11.1 Å². The number of hydrogen-bond donors (Lipinski definition) is 0. The first-order chi connectivity index (χ1) is 21.1. The fraction of sp³-hybridized carbons (Fsp3) is 0.523. The van der Waals surface area contributed by atoms with Crippen LogP contribution in [0.4, 0.5) is 0 Å². The predicted molar refractivity (Wildman–Crippen MR) is 193 cm³/mol. The summed E-state index contributed by atoms with van der Waals surface area (Å²) < 4.78 is 1.80. The molecule has 0 nitrogen and oxygen atoms in total. The molecule has 0 aromatic heterocycles. The van der Waals surface area contributed by atoms with Gasteiger partial charge in [0.25, 0.3) is 0 Å². The SMILES string of the molecule is CC1=[C-]C(C)(C)c2cc3c(cc21)-c1cc2c(cc1C3)C(C)(C)C=C2C.CCC1=[C-]C(CC)C=C1C(C)(C)C.[Zr+2]=[C]1CCCCC1. The molecule has 2 aromatic carbocycles. The summed E-state index contributed by atoms with van der Waals surface area (Å²) in [5.74, 6) is 0.573. The Morgan fingerprint density at radius 3 is 1.93 bits per heavy atom. The molecule has 0 heterocycles. The molecule has 1 heteroatoms. The van der Waals surface area contributed by atoms with Crippen LogP contribution in [0.2, 0.25) is 0 Å². The summed E-state index contributed by atoms with van der Waals surface area (Å²) in [5.41, 5.74) is 17.8. The summed E-state index contributed by atoms with van der Waals surface area (Å²) in [5, 5.41) is 0. The third kappa shape index (κ3) is 7.05. The molecule has 7 rings (SSSR count).